The number of nitrogens with one attached hydrogen (secondary N) is 1. The molecule has 6 nitrogen and oxygen atoms in total. The number of rotatable bonds is 6. The summed E-state index contributed by atoms with van der Waals surface area (Å²) < 4.78 is 10.4. The molecule has 0 saturated carbocycles. The summed E-state index contributed by atoms with van der Waals surface area (Å²) in [6.45, 7) is 3.72. The highest BCUT2D eigenvalue weighted by molar-refractivity contribution is 5.94. The van der Waals surface area contributed by atoms with Crippen molar-refractivity contribution in [1.82, 2.24) is 10.3 Å². The van der Waals surface area contributed by atoms with Crippen molar-refractivity contribution in [2.24, 2.45) is 5.92 Å². The standard InChI is InChI=1S/C20H20N2O4/c1-13(2)18(22-19(23)17-8-5-11-25-17)20(24)26-12-15-10-9-14-6-3-4-7-16(14)21-15/h3-11,13,18H,12H2,1-2H3,(H,22,23)/t18-/m0/s1. The van der Waals surface area contributed by atoms with Crippen molar-refractivity contribution in [3.63, 3.8) is 0 Å². The summed E-state index contributed by atoms with van der Waals surface area (Å²) in [7, 11) is 0. The fourth-order valence-electron chi connectivity index (χ4n) is 2.54. The molecule has 0 saturated heterocycles. The Bertz CT molecular complexity index is 903. The number of hydrogen-bond acceptors (Lipinski definition) is 5. The molecule has 0 radical (unpaired) electrons. The maximum Gasteiger partial charge on any atom is 0.329 e. The highest BCUT2D eigenvalue weighted by atomic mass is 16.5. The van der Waals surface area contributed by atoms with Gasteiger partial charge in [0.1, 0.15) is 12.6 Å². The highest BCUT2D eigenvalue weighted by Gasteiger charge is 2.27. The van der Waals surface area contributed by atoms with Gasteiger partial charge in [-0.05, 0) is 30.2 Å². The first-order valence-electron chi connectivity index (χ1n) is 8.40. The van der Waals surface area contributed by atoms with Crippen molar-refractivity contribution in [3.05, 3.63) is 66.2 Å². The number of fused-ring (bicyclic) bond motifs is 1. The summed E-state index contributed by atoms with van der Waals surface area (Å²) in [6.07, 6.45) is 1.41. The minimum Gasteiger partial charge on any atom is -0.459 e. The highest BCUT2D eigenvalue weighted by Crippen LogP contribution is 2.13. The Hall–Kier alpha value is -3.15. The van der Waals surface area contributed by atoms with Gasteiger partial charge in [-0.25, -0.2) is 9.78 Å². The van der Waals surface area contributed by atoms with E-state index in [1.165, 1.54) is 12.3 Å². The van der Waals surface area contributed by atoms with E-state index in [1.807, 2.05) is 50.2 Å². The predicted molar refractivity (Wildman–Crippen MR) is 96.3 cm³/mol. The van der Waals surface area contributed by atoms with Crippen LogP contribution in [0.3, 0.4) is 0 Å². The van der Waals surface area contributed by atoms with E-state index in [1.54, 1.807) is 6.07 Å². The normalized spacial score (nSPS) is 12.1. The summed E-state index contributed by atoms with van der Waals surface area (Å²) in [5.41, 5.74) is 1.49. The van der Waals surface area contributed by atoms with Gasteiger partial charge in [0.05, 0.1) is 17.5 Å². The topological polar surface area (TPSA) is 81.4 Å². The SMILES string of the molecule is CC(C)[C@H](NC(=O)c1ccco1)C(=O)OCc1ccc2ccccc2n1. The van der Waals surface area contributed by atoms with Crippen molar-refractivity contribution in [2.75, 3.05) is 0 Å². The van der Waals surface area contributed by atoms with Crippen molar-refractivity contribution in [3.8, 4) is 0 Å². The molecule has 134 valence electrons. The van der Waals surface area contributed by atoms with E-state index in [9.17, 15) is 9.59 Å². The van der Waals surface area contributed by atoms with E-state index in [4.69, 9.17) is 9.15 Å². The first-order chi connectivity index (χ1) is 12.5. The molecule has 1 aromatic carbocycles. The van der Waals surface area contributed by atoms with Crippen molar-refractivity contribution >= 4 is 22.8 Å². The second-order valence-electron chi connectivity index (χ2n) is 6.28. The monoisotopic (exact) mass is 352 g/mol. The van der Waals surface area contributed by atoms with Gasteiger partial charge in [0.25, 0.3) is 5.91 Å². The number of carbonyl (C=O) groups excluding carboxylic acids is 2. The van der Waals surface area contributed by atoms with Gasteiger partial charge in [0, 0.05) is 5.39 Å². The van der Waals surface area contributed by atoms with Crippen molar-refractivity contribution in [2.45, 2.75) is 26.5 Å². The summed E-state index contributed by atoms with van der Waals surface area (Å²) in [5, 5.41) is 3.68. The lowest BCUT2D eigenvalue weighted by atomic mass is 10.0. The van der Waals surface area contributed by atoms with Crippen LogP contribution in [0.1, 0.15) is 30.1 Å². The average Bonchev–Trinajstić information content (AvgIpc) is 3.18. The first-order valence-corrected chi connectivity index (χ1v) is 8.40. The Morgan fingerprint density at radius 2 is 1.92 bits per heavy atom. The molecule has 0 unspecified atom stereocenters. The molecule has 1 amide bonds. The van der Waals surface area contributed by atoms with Gasteiger partial charge in [0.2, 0.25) is 0 Å². The number of esters is 1. The number of amides is 1. The molecule has 1 atom stereocenters. The lowest BCUT2D eigenvalue weighted by Crippen LogP contribution is -2.45. The smallest absolute Gasteiger partial charge is 0.329 e. The van der Waals surface area contributed by atoms with Gasteiger partial charge in [0.15, 0.2) is 5.76 Å². The van der Waals surface area contributed by atoms with Gasteiger partial charge < -0.3 is 14.5 Å². The molecular weight excluding hydrogens is 332 g/mol. The molecule has 0 spiro atoms. The fourth-order valence-corrected chi connectivity index (χ4v) is 2.54. The molecule has 0 aliphatic heterocycles. The minimum absolute atomic E-state index is 0.0451. The Morgan fingerprint density at radius 3 is 2.65 bits per heavy atom. The molecule has 1 N–H and O–H groups in total. The predicted octanol–water partition coefficient (Wildman–Crippen LogP) is 3.33. The molecule has 2 aromatic heterocycles. The van der Waals surface area contributed by atoms with E-state index in [-0.39, 0.29) is 18.3 Å². The van der Waals surface area contributed by atoms with Crippen LogP contribution in [0.25, 0.3) is 10.9 Å². The van der Waals surface area contributed by atoms with Crippen LogP contribution in [0.4, 0.5) is 0 Å². The molecule has 3 rings (SSSR count). The van der Waals surface area contributed by atoms with Crippen molar-refractivity contribution < 1.29 is 18.7 Å². The van der Waals surface area contributed by atoms with E-state index in [2.05, 4.69) is 10.3 Å². The van der Waals surface area contributed by atoms with Crippen LogP contribution in [-0.4, -0.2) is 22.9 Å². The molecule has 6 heteroatoms. The molecule has 0 bridgehead atoms. The van der Waals surface area contributed by atoms with Crippen molar-refractivity contribution in [1.29, 1.82) is 0 Å². The van der Waals surface area contributed by atoms with E-state index < -0.39 is 17.9 Å². The Kier molecular flexibility index (Phi) is 5.31. The number of ether oxygens (including phenoxy) is 1. The summed E-state index contributed by atoms with van der Waals surface area (Å²) in [4.78, 5) is 29.0. The van der Waals surface area contributed by atoms with Gasteiger partial charge in [-0.1, -0.05) is 38.1 Å². The number of para-hydroxylation sites is 1. The summed E-state index contributed by atoms with van der Waals surface area (Å²) in [6, 6.07) is 13.9. The number of pyridine rings is 1. The number of nitrogens with zero attached hydrogens (tertiary/aromatic N) is 1. The zero-order valence-electron chi connectivity index (χ0n) is 14.6. The van der Waals surface area contributed by atoms with E-state index in [0.29, 0.717) is 5.69 Å². The van der Waals surface area contributed by atoms with E-state index >= 15 is 0 Å². The number of furan rings is 1. The van der Waals surface area contributed by atoms with E-state index in [0.717, 1.165) is 10.9 Å². The van der Waals surface area contributed by atoms with Crippen LogP contribution < -0.4 is 5.32 Å². The quantitative estimate of drug-likeness (QED) is 0.688. The number of benzene rings is 1. The summed E-state index contributed by atoms with van der Waals surface area (Å²) in [5.74, 6) is -0.935. The number of aromatic nitrogens is 1. The largest absolute Gasteiger partial charge is 0.459 e. The Morgan fingerprint density at radius 1 is 1.12 bits per heavy atom. The van der Waals surface area contributed by atoms with Crippen LogP contribution in [0.5, 0.6) is 0 Å². The first kappa shape index (κ1) is 17.7. The number of carbonyl (C=O) groups is 2. The Labute approximate surface area is 151 Å². The lowest BCUT2D eigenvalue weighted by molar-refractivity contribution is -0.148. The molecule has 26 heavy (non-hydrogen) atoms. The Balaban J connectivity index is 1.64. The second-order valence-corrected chi connectivity index (χ2v) is 6.28. The second kappa shape index (κ2) is 7.82. The van der Waals surface area contributed by atoms with Gasteiger partial charge >= 0.3 is 5.97 Å². The zero-order chi connectivity index (χ0) is 18.5. The zero-order valence-corrected chi connectivity index (χ0v) is 14.6. The van der Waals surface area contributed by atoms with Crippen LogP contribution in [-0.2, 0) is 16.1 Å². The molecule has 0 aliphatic carbocycles. The van der Waals surface area contributed by atoms with Crippen LogP contribution >= 0.6 is 0 Å². The maximum absolute atomic E-state index is 12.4. The molecule has 0 fully saturated rings. The van der Waals surface area contributed by atoms with Gasteiger partial charge in [-0.2, -0.15) is 0 Å². The minimum atomic E-state index is -0.770. The molecule has 2 heterocycles. The lowest BCUT2D eigenvalue weighted by Gasteiger charge is -2.20. The third-order valence-corrected chi connectivity index (χ3v) is 3.97. The average molecular weight is 352 g/mol. The maximum atomic E-state index is 12.4. The molecule has 3 aromatic rings. The van der Waals surface area contributed by atoms with Crippen LogP contribution in [0.2, 0.25) is 0 Å². The fraction of sp³-hybridized carbons (Fsp3) is 0.250. The van der Waals surface area contributed by atoms with Gasteiger partial charge in [-0.3, -0.25) is 4.79 Å². The summed E-state index contributed by atoms with van der Waals surface area (Å²) >= 11 is 0. The number of hydrogen-bond donors (Lipinski definition) is 1. The third-order valence-electron chi connectivity index (χ3n) is 3.97. The van der Waals surface area contributed by atoms with Crippen LogP contribution in [0.15, 0.2) is 59.2 Å². The van der Waals surface area contributed by atoms with Gasteiger partial charge in [-0.15, -0.1) is 0 Å². The molecule has 0 aliphatic rings. The molecular formula is C20H20N2O4. The van der Waals surface area contributed by atoms with Crippen LogP contribution in [0, 0.1) is 5.92 Å². The third kappa shape index (κ3) is 4.08.